The molecule has 4 heteroatoms. The quantitative estimate of drug-likeness (QED) is 0.715. The molecule has 0 aromatic heterocycles. The highest BCUT2D eigenvalue weighted by Crippen LogP contribution is 2.29. The third-order valence-electron chi connectivity index (χ3n) is 4.55. The van der Waals surface area contributed by atoms with Crippen LogP contribution in [0.1, 0.15) is 27.0 Å². The summed E-state index contributed by atoms with van der Waals surface area (Å²) in [7, 11) is 0. The zero-order valence-electron chi connectivity index (χ0n) is 14.3. The number of aryl methyl sites for hydroxylation is 1. The van der Waals surface area contributed by atoms with Crippen molar-refractivity contribution in [3.63, 3.8) is 0 Å². The number of nitrogens with one attached hydrogen (secondary N) is 1. The van der Waals surface area contributed by atoms with Gasteiger partial charge in [-0.1, -0.05) is 30.3 Å². The Morgan fingerprint density at radius 2 is 1.85 bits per heavy atom. The van der Waals surface area contributed by atoms with Crippen LogP contribution < -0.4 is 5.32 Å². The van der Waals surface area contributed by atoms with Crippen molar-refractivity contribution in [1.29, 1.82) is 0 Å². The van der Waals surface area contributed by atoms with Gasteiger partial charge in [-0.05, 0) is 65.1 Å². The van der Waals surface area contributed by atoms with E-state index < -0.39 is 11.7 Å². The molecule has 1 aliphatic heterocycles. The molecule has 128 valence electrons. The van der Waals surface area contributed by atoms with E-state index in [2.05, 4.69) is 29.4 Å². The van der Waals surface area contributed by atoms with Crippen LogP contribution in [0.2, 0.25) is 0 Å². The normalized spacial score (nSPS) is 12.1. The van der Waals surface area contributed by atoms with Crippen LogP contribution in [0.4, 0.5) is 10.1 Å². The molecule has 0 bridgehead atoms. The Labute approximate surface area is 151 Å². The minimum Gasteiger partial charge on any atom is -0.322 e. The molecular formula is C22H17FN2O. The number of fused-ring (bicyclic) bond motifs is 1. The Hall–Kier alpha value is -3.27. The summed E-state index contributed by atoms with van der Waals surface area (Å²) in [5.74, 6) is -0.988. The van der Waals surface area contributed by atoms with Gasteiger partial charge in [0.1, 0.15) is 5.82 Å². The minimum absolute atomic E-state index is 0.0327. The molecule has 0 saturated carbocycles. The number of aliphatic imine (C=N–C) groups is 1. The van der Waals surface area contributed by atoms with E-state index in [9.17, 15) is 9.18 Å². The van der Waals surface area contributed by atoms with Crippen LogP contribution in [0, 0.1) is 12.7 Å². The van der Waals surface area contributed by atoms with Crippen molar-refractivity contribution in [3.05, 3.63) is 88.7 Å². The summed E-state index contributed by atoms with van der Waals surface area (Å²) in [4.78, 5) is 16.5. The van der Waals surface area contributed by atoms with Crippen molar-refractivity contribution in [2.24, 2.45) is 4.99 Å². The number of halogens is 1. The first-order valence-corrected chi connectivity index (χ1v) is 8.41. The Kier molecular flexibility index (Phi) is 4.09. The van der Waals surface area contributed by atoms with Crippen molar-refractivity contribution in [2.75, 3.05) is 5.32 Å². The summed E-state index contributed by atoms with van der Waals surface area (Å²) < 4.78 is 13.7. The third-order valence-corrected chi connectivity index (χ3v) is 4.55. The van der Waals surface area contributed by atoms with Gasteiger partial charge in [-0.25, -0.2) is 4.39 Å². The van der Waals surface area contributed by atoms with Gasteiger partial charge in [-0.2, -0.15) is 0 Å². The van der Waals surface area contributed by atoms with E-state index in [1.165, 1.54) is 23.3 Å². The molecule has 0 atom stereocenters. The van der Waals surface area contributed by atoms with Crippen LogP contribution in [0.5, 0.6) is 0 Å². The molecule has 0 unspecified atom stereocenters. The maximum Gasteiger partial charge on any atom is 0.258 e. The Balaban J connectivity index is 1.57. The van der Waals surface area contributed by atoms with Gasteiger partial charge in [0, 0.05) is 11.9 Å². The zero-order chi connectivity index (χ0) is 18.1. The molecule has 1 N–H and O–H groups in total. The van der Waals surface area contributed by atoms with E-state index in [0.29, 0.717) is 5.69 Å². The molecule has 0 fully saturated rings. The number of benzene rings is 3. The van der Waals surface area contributed by atoms with Crippen LogP contribution in [0.15, 0.2) is 65.7 Å². The highest BCUT2D eigenvalue weighted by atomic mass is 19.1. The summed E-state index contributed by atoms with van der Waals surface area (Å²) in [6, 6.07) is 17.8. The molecule has 3 aromatic rings. The third kappa shape index (κ3) is 3.02. The molecule has 0 aliphatic carbocycles. The fourth-order valence-electron chi connectivity index (χ4n) is 3.17. The maximum absolute atomic E-state index is 13.7. The largest absolute Gasteiger partial charge is 0.322 e. The van der Waals surface area contributed by atoms with E-state index in [4.69, 9.17) is 0 Å². The summed E-state index contributed by atoms with van der Waals surface area (Å²) in [6.45, 7) is 2.83. The van der Waals surface area contributed by atoms with Gasteiger partial charge < -0.3 is 5.32 Å². The van der Waals surface area contributed by atoms with Gasteiger partial charge in [-0.3, -0.25) is 9.79 Å². The second-order valence-electron chi connectivity index (χ2n) is 6.35. The Morgan fingerprint density at radius 1 is 1.08 bits per heavy atom. The molecule has 3 nitrogen and oxygen atoms in total. The first-order valence-electron chi connectivity index (χ1n) is 8.41. The molecule has 0 spiro atoms. The fraction of sp³-hybridized carbons (Fsp3) is 0.0909. The lowest BCUT2D eigenvalue weighted by Gasteiger charge is -2.11. The standard InChI is InChI=1S/C22H17FN2O/c1-14-10-16-12-24-13-17(16)11-20(14)15-6-8-18(9-7-15)25-22(26)19-4-2-3-5-21(19)23/h2-11,13H,12H2,1H3,(H,25,26). The SMILES string of the molecule is Cc1cc2c(cc1-c1ccc(NC(=O)c3ccccc3F)cc1)C=NC2. The predicted octanol–water partition coefficient (Wildman–Crippen LogP) is 4.99. The maximum atomic E-state index is 13.7. The van der Waals surface area contributed by atoms with E-state index in [1.54, 1.807) is 12.1 Å². The number of hydrogen-bond acceptors (Lipinski definition) is 2. The monoisotopic (exact) mass is 344 g/mol. The summed E-state index contributed by atoms with van der Waals surface area (Å²) >= 11 is 0. The van der Waals surface area contributed by atoms with Crippen molar-refractivity contribution in [2.45, 2.75) is 13.5 Å². The van der Waals surface area contributed by atoms with Gasteiger partial charge in [0.25, 0.3) is 5.91 Å². The topological polar surface area (TPSA) is 41.5 Å². The van der Waals surface area contributed by atoms with Gasteiger partial charge in [0.15, 0.2) is 0 Å². The number of nitrogens with zero attached hydrogens (tertiary/aromatic N) is 1. The number of amides is 1. The molecule has 1 heterocycles. The smallest absolute Gasteiger partial charge is 0.258 e. The molecule has 4 rings (SSSR count). The van der Waals surface area contributed by atoms with E-state index in [0.717, 1.165) is 23.2 Å². The molecular weight excluding hydrogens is 327 g/mol. The highest BCUT2D eigenvalue weighted by Gasteiger charge is 2.13. The van der Waals surface area contributed by atoms with Gasteiger partial charge in [0.05, 0.1) is 12.1 Å². The summed E-state index contributed by atoms with van der Waals surface area (Å²) in [5, 5.41) is 2.73. The molecule has 1 aliphatic rings. The van der Waals surface area contributed by atoms with Crippen LogP contribution in [0.25, 0.3) is 11.1 Å². The molecule has 26 heavy (non-hydrogen) atoms. The second kappa shape index (κ2) is 6.56. The highest BCUT2D eigenvalue weighted by molar-refractivity contribution is 6.04. The van der Waals surface area contributed by atoms with Crippen LogP contribution in [-0.4, -0.2) is 12.1 Å². The second-order valence-corrected chi connectivity index (χ2v) is 6.35. The average molecular weight is 344 g/mol. The molecule has 3 aromatic carbocycles. The Bertz CT molecular complexity index is 1020. The number of hydrogen-bond donors (Lipinski definition) is 1. The van der Waals surface area contributed by atoms with Crippen molar-refractivity contribution < 1.29 is 9.18 Å². The average Bonchev–Trinajstić information content (AvgIpc) is 3.09. The van der Waals surface area contributed by atoms with Gasteiger partial charge in [0.2, 0.25) is 0 Å². The lowest BCUT2D eigenvalue weighted by Crippen LogP contribution is -2.13. The van der Waals surface area contributed by atoms with Crippen LogP contribution in [0.3, 0.4) is 0 Å². The first kappa shape index (κ1) is 16.2. The fourth-order valence-corrected chi connectivity index (χ4v) is 3.17. The van der Waals surface area contributed by atoms with Crippen molar-refractivity contribution >= 4 is 17.8 Å². The molecule has 0 radical (unpaired) electrons. The lowest BCUT2D eigenvalue weighted by molar-refractivity contribution is 0.102. The van der Waals surface area contributed by atoms with E-state index >= 15 is 0 Å². The summed E-state index contributed by atoms with van der Waals surface area (Å²) in [5.41, 5.74) is 6.46. The predicted molar refractivity (Wildman–Crippen MR) is 102 cm³/mol. The van der Waals surface area contributed by atoms with E-state index in [-0.39, 0.29) is 5.56 Å². The number of carbonyl (C=O) groups excluding carboxylic acids is 1. The van der Waals surface area contributed by atoms with Crippen LogP contribution >= 0.6 is 0 Å². The Morgan fingerprint density at radius 3 is 2.62 bits per heavy atom. The van der Waals surface area contributed by atoms with E-state index in [1.807, 2.05) is 30.5 Å². The van der Waals surface area contributed by atoms with Gasteiger partial charge in [-0.15, -0.1) is 0 Å². The number of carbonyl (C=O) groups is 1. The molecule has 0 saturated heterocycles. The minimum atomic E-state index is -0.531. The van der Waals surface area contributed by atoms with Gasteiger partial charge >= 0.3 is 0 Å². The van der Waals surface area contributed by atoms with Crippen molar-refractivity contribution in [3.8, 4) is 11.1 Å². The number of rotatable bonds is 3. The van der Waals surface area contributed by atoms with Crippen molar-refractivity contribution in [1.82, 2.24) is 0 Å². The summed E-state index contributed by atoms with van der Waals surface area (Å²) in [6.07, 6.45) is 1.90. The van der Waals surface area contributed by atoms with Crippen LogP contribution in [-0.2, 0) is 6.54 Å². The zero-order valence-corrected chi connectivity index (χ0v) is 14.3. The number of anilines is 1. The lowest BCUT2D eigenvalue weighted by atomic mass is 9.95. The first-order chi connectivity index (χ1) is 12.6. The molecule has 1 amide bonds.